The Morgan fingerprint density at radius 1 is 1.75 bits per heavy atom. The Hall–Kier alpha value is -0.970. The molecule has 0 amide bonds. The van der Waals surface area contributed by atoms with E-state index in [2.05, 4.69) is 4.98 Å². The van der Waals surface area contributed by atoms with E-state index in [1.165, 1.54) is 0 Å². The third-order valence-corrected chi connectivity index (χ3v) is 2.02. The predicted molar refractivity (Wildman–Crippen MR) is 51.3 cm³/mol. The molecule has 0 aliphatic rings. The largest absolute Gasteiger partial charge is 0.383 e. The summed E-state index contributed by atoms with van der Waals surface area (Å²) in [4.78, 5) is 14.7. The van der Waals surface area contributed by atoms with Crippen LogP contribution in [0.3, 0.4) is 0 Å². The topological polar surface area (TPSA) is 60.9 Å². The van der Waals surface area contributed by atoms with Gasteiger partial charge in [0.25, 0.3) is 0 Å². The second kappa shape index (κ2) is 4.15. The summed E-state index contributed by atoms with van der Waals surface area (Å²) in [6, 6.07) is 1.63. The predicted octanol–water partition coefficient (Wildman–Crippen LogP) is 0.189. The molecule has 0 saturated heterocycles. The summed E-state index contributed by atoms with van der Waals surface area (Å²) >= 11 is 1.69. The van der Waals surface area contributed by atoms with Crippen LogP contribution in [0.1, 0.15) is 0 Å². The molecule has 0 aliphatic heterocycles. The molecule has 0 aliphatic carbocycles. The Bertz CT molecular complexity index is 310. The summed E-state index contributed by atoms with van der Waals surface area (Å²) in [6.45, 7) is 0.688. The van der Waals surface area contributed by atoms with Gasteiger partial charge < -0.3 is 5.73 Å². The number of anilines is 1. The highest BCUT2D eigenvalue weighted by molar-refractivity contribution is 7.98. The number of aryl methyl sites for hydroxylation is 1. The van der Waals surface area contributed by atoms with Crippen LogP contribution in [-0.2, 0) is 6.54 Å². The molecule has 0 fully saturated rings. The molecule has 1 heterocycles. The van der Waals surface area contributed by atoms with Gasteiger partial charge >= 0.3 is 5.69 Å². The zero-order chi connectivity index (χ0) is 8.97. The lowest BCUT2D eigenvalue weighted by Crippen LogP contribution is -2.23. The maximum atomic E-state index is 11.1. The van der Waals surface area contributed by atoms with E-state index < -0.39 is 0 Å². The number of nitrogens with two attached hydrogens (primary N) is 1. The van der Waals surface area contributed by atoms with Crippen LogP contribution >= 0.6 is 11.8 Å². The summed E-state index contributed by atoms with van der Waals surface area (Å²) in [5, 5.41) is 0. The van der Waals surface area contributed by atoms with Crippen LogP contribution < -0.4 is 11.4 Å². The summed E-state index contributed by atoms with van der Waals surface area (Å²) < 4.78 is 1.55. The van der Waals surface area contributed by atoms with Crippen molar-refractivity contribution in [3.63, 3.8) is 0 Å². The van der Waals surface area contributed by atoms with Crippen LogP contribution in [0.4, 0.5) is 5.82 Å². The van der Waals surface area contributed by atoms with Crippen molar-refractivity contribution in [1.29, 1.82) is 0 Å². The highest BCUT2D eigenvalue weighted by Gasteiger charge is 1.95. The fourth-order valence-electron chi connectivity index (χ4n) is 0.802. The molecule has 0 bridgehead atoms. The van der Waals surface area contributed by atoms with Gasteiger partial charge in [0.05, 0.1) is 0 Å². The van der Waals surface area contributed by atoms with Crippen LogP contribution in [0.5, 0.6) is 0 Å². The lowest BCUT2D eigenvalue weighted by atomic mass is 10.6. The van der Waals surface area contributed by atoms with Crippen LogP contribution in [0.25, 0.3) is 0 Å². The molecule has 0 unspecified atom stereocenters. The van der Waals surface area contributed by atoms with Crippen molar-refractivity contribution >= 4 is 17.6 Å². The molecule has 5 heteroatoms. The van der Waals surface area contributed by atoms with E-state index in [0.29, 0.717) is 6.54 Å². The minimum absolute atomic E-state index is 0.274. The van der Waals surface area contributed by atoms with Crippen LogP contribution in [-0.4, -0.2) is 21.6 Å². The molecule has 12 heavy (non-hydrogen) atoms. The summed E-state index contributed by atoms with van der Waals surface area (Å²) in [7, 11) is 0. The van der Waals surface area contributed by atoms with E-state index in [1.807, 2.05) is 6.26 Å². The average Bonchev–Trinajstić information content (AvgIpc) is 2.03. The molecular weight excluding hydrogens is 174 g/mol. The van der Waals surface area contributed by atoms with Crippen molar-refractivity contribution in [1.82, 2.24) is 9.55 Å². The molecule has 1 rings (SSSR count). The highest BCUT2D eigenvalue weighted by Crippen LogP contribution is 1.94. The number of aromatic nitrogens is 2. The SMILES string of the molecule is CSCCn1ccc(N)nc1=O. The highest BCUT2D eigenvalue weighted by atomic mass is 32.2. The van der Waals surface area contributed by atoms with Crippen molar-refractivity contribution in [3.05, 3.63) is 22.7 Å². The van der Waals surface area contributed by atoms with Gasteiger partial charge in [-0.2, -0.15) is 16.7 Å². The fourth-order valence-corrected chi connectivity index (χ4v) is 1.18. The average molecular weight is 185 g/mol. The third kappa shape index (κ3) is 2.27. The summed E-state index contributed by atoms with van der Waals surface area (Å²) in [5.74, 6) is 1.19. The van der Waals surface area contributed by atoms with E-state index >= 15 is 0 Å². The third-order valence-electron chi connectivity index (χ3n) is 1.43. The van der Waals surface area contributed by atoms with Gasteiger partial charge in [0, 0.05) is 18.5 Å². The van der Waals surface area contributed by atoms with E-state index in [-0.39, 0.29) is 11.5 Å². The van der Waals surface area contributed by atoms with Crippen molar-refractivity contribution in [2.45, 2.75) is 6.54 Å². The molecule has 0 saturated carbocycles. The monoisotopic (exact) mass is 185 g/mol. The van der Waals surface area contributed by atoms with E-state index in [0.717, 1.165) is 5.75 Å². The first-order chi connectivity index (χ1) is 5.74. The van der Waals surface area contributed by atoms with Gasteiger partial charge in [-0.1, -0.05) is 0 Å². The molecule has 0 aromatic carbocycles. The number of nitrogens with zero attached hydrogens (tertiary/aromatic N) is 2. The molecule has 0 radical (unpaired) electrons. The second-order valence-corrected chi connectivity index (χ2v) is 3.31. The Morgan fingerprint density at radius 3 is 3.08 bits per heavy atom. The summed E-state index contributed by atoms with van der Waals surface area (Å²) in [6.07, 6.45) is 3.66. The Kier molecular flexibility index (Phi) is 3.16. The number of hydrogen-bond donors (Lipinski definition) is 1. The smallest absolute Gasteiger partial charge is 0.349 e. The van der Waals surface area contributed by atoms with Gasteiger partial charge in [0.15, 0.2) is 0 Å². The minimum atomic E-state index is -0.274. The second-order valence-electron chi connectivity index (χ2n) is 2.32. The summed E-state index contributed by atoms with van der Waals surface area (Å²) in [5.41, 5.74) is 5.05. The molecule has 66 valence electrons. The van der Waals surface area contributed by atoms with E-state index in [4.69, 9.17) is 5.73 Å². The molecular formula is C7H11N3OS. The van der Waals surface area contributed by atoms with Crippen LogP contribution in [0.2, 0.25) is 0 Å². The van der Waals surface area contributed by atoms with Gasteiger partial charge in [0.1, 0.15) is 5.82 Å². The molecule has 1 aromatic rings. The lowest BCUT2D eigenvalue weighted by molar-refractivity contribution is 0.708. The minimum Gasteiger partial charge on any atom is -0.383 e. The van der Waals surface area contributed by atoms with Gasteiger partial charge in [-0.25, -0.2) is 4.79 Å². The number of hydrogen-bond acceptors (Lipinski definition) is 4. The van der Waals surface area contributed by atoms with Crippen molar-refractivity contribution < 1.29 is 0 Å². The van der Waals surface area contributed by atoms with Crippen molar-refractivity contribution in [3.8, 4) is 0 Å². The van der Waals surface area contributed by atoms with E-state index in [1.54, 1.807) is 28.6 Å². The van der Waals surface area contributed by atoms with Crippen LogP contribution in [0, 0.1) is 0 Å². The number of rotatable bonds is 3. The normalized spacial score (nSPS) is 10.1. The first-order valence-electron chi connectivity index (χ1n) is 3.56. The number of thioether (sulfide) groups is 1. The standard InChI is InChI=1S/C7H11N3OS/c1-12-5-4-10-3-2-6(8)9-7(10)11/h2-3H,4-5H2,1H3,(H2,8,9,11). The molecule has 4 nitrogen and oxygen atoms in total. The van der Waals surface area contributed by atoms with Crippen LogP contribution in [0.15, 0.2) is 17.1 Å². The Balaban J connectivity index is 2.80. The van der Waals surface area contributed by atoms with Crippen molar-refractivity contribution in [2.75, 3.05) is 17.7 Å². The van der Waals surface area contributed by atoms with Crippen molar-refractivity contribution in [2.24, 2.45) is 0 Å². The fraction of sp³-hybridized carbons (Fsp3) is 0.429. The Labute approximate surface area is 74.8 Å². The van der Waals surface area contributed by atoms with E-state index in [9.17, 15) is 4.79 Å². The van der Waals surface area contributed by atoms with Gasteiger partial charge in [0.2, 0.25) is 0 Å². The molecule has 0 atom stereocenters. The first kappa shape index (κ1) is 9.12. The molecule has 0 spiro atoms. The quantitative estimate of drug-likeness (QED) is 0.730. The molecule has 1 aromatic heterocycles. The molecule has 2 N–H and O–H groups in total. The maximum Gasteiger partial charge on any atom is 0.349 e. The van der Waals surface area contributed by atoms with Gasteiger partial charge in [-0.15, -0.1) is 0 Å². The van der Waals surface area contributed by atoms with Gasteiger partial charge in [-0.3, -0.25) is 4.57 Å². The van der Waals surface area contributed by atoms with Gasteiger partial charge in [-0.05, 0) is 12.3 Å². The zero-order valence-electron chi connectivity index (χ0n) is 6.86. The lowest BCUT2D eigenvalue weighted by Gasteiger charge is -2.02. The first-order valence-corrected chi connectivity index (χ1v) is 4.95. The Morgan fingerprint density at radius 2 is 2.50 bits per heavy atom. The number of nitrogen functional groups attached to an aromatic ring is 1. The maximum absolute atomic E-state index is 11.1. The zero-order valence-corrected chi connectivity index (χ0v) is 7.67.